The van der Waals surface area contributed by atoms with Crippen LogP contribution in [0.25, 0.3) is 0 Å². The maximum atomic E-state index is 5.62. The van der Waals surface area contributed by atoms with Crippen LogP contribution in [0.5, 0.6) is 0 Å². The van der Waals surface area contributed by atoms with Crippen LogP contribution in [0, 0.1) is 0 Å². The topological polar surface area (TPSA) is 36.9 Å². The van der Waals surface area contributed by atoms with Gasteiger partial charge in [0.15, 0.2) is 5.96 Å². The highest BCUT2D eigenvalue weighted by Gasteiger charge is 2.15. The molecule has 0 spiro atoms. The third-order valence-corrected chi connectivity index (χ3v) is 3.57. The summed E-state index contributed by atoms with van der Waals surface area (Å²) in [5.74, 6) is 1.01. The lowest BCUT2D eigenvalue weighted by Crippen LogP contribution is -2.40. The third kappa shape index (κ3) is 9.34. The highest BCUT2D eigenvalue weighted by atomic mass is 127. The van der Waals surface area contributed by atoms with Gasteiger partial charge in [0.25, 0.3) is 0 Å². The first kappa shape index (κ1) is 20.7. The van der Waals surface area contributed by atoms with Gasteiger partial charge in [0, 0.05) is 26.7 Å². The van der Waals surface area contributed by atoms with Gasteiger partial charge < -0.3 is 15.0 Å². The number of unbranched alkanes of at least 4 members (excludes halogenated alkanes) is 3. The van der Waals surface area contributed by atoms with Gasteiger partial charge in [0.2, 0.25) is 0 Å². The fourth-order valence-corrected chi connectivity index (χ4v) is 2.37. The van der Waals surface area contributed by atoms with Gasteiger partial charge in [0.1, 0.15) is 0 Å². The first-order chi connectivity index (χ1) is 9.77. The van der Waals surface area contributed by atoms with Crippen molar-refractivity contribution in [3.05, 3.63) is 12.7 Å². The molecule has 1 atom stereocenters. The molecule has 1 heterocycles. The predicted molar refractivity (Wildman–Crippen MR) is 102 cm³/mol. The molecule has 4 nitrogen and oxygen atoms in total. The molecule has 0 aromatic heterocycles. The minimum atomic E-state index is 0. The maximum absolute atomic E-state index is 5.62. The van der Waals surface area contributed by atoms with E-state index in [1.165, 1.54) is 25.7 Å². The lowest BCUT2D eigenvalue weighted by Gasteiger charge is -2.22. The van der Waals surface area contributed by atoms with Crippen molar-refractivity contribution in [3.63, 3.8) is 0 Å². The lowest BCUT2D eigenvalue weighted by atomic mass is 10.2. The molecule has 21 heavy (non-hydrogen) atoms. The molecule has 0 aliphatic carbocycles. The zero-order valence-electron chi connectivity index (χ0n) is 13.6. The van der Waals surface area contributed by atoms with Crippen molar-refractivity contribution in [2.24, 2.45) is 4.99 Å². The number of allylic oxidation sites excluding steroid dienone is 1. The third-order valence-electron chi connectivity index (χ3n) is 3.57. The minimum absolute atomic E-state index is 0. The Morgan fingerprint density at radius 1 is 1.43 bits per heavy atom. The molecule has 0 radical (unpaired) electrons. The maximum Gasteiger partial charge on any atom is 0.193 e. The monoisotopic (exact) mass is 409 g/mol. The average Bonchev–Trinajstić information content (AvgIpc) is 2.96. The molecule has 0 amide bonds. The molecule has 1 aliphatic heterocycles. The van der Waals surface area contributed by atoms with E-state index in [1.54, 1.807) is 0 Å². The van der Waals surface area contributed by atoms with Crippen molar-refractivity contribution in [3.8, 4) is 0 Å². The molecule has 124 valence electrons. The Morgan fingerprint density at radius 3 is 2.86 bits per heavy atom. The van der Waals surface area contributed by atoms with Crippen LogP contribution >= 0.6 is 24.0 Å². The summed E-state index contributed by atoms with van der Waals surface area (Å²) in [6, 6.07) is 0. The van der Waals surface area contributed by atoms with Gasteiger partial charge in [-0.05, 0) is 39.0 Å². The molecule has 1 N–H and O–H groups in total. The number of nitrogens with one attached hydrogen (secondary N) is 1. The molecule has 1 aliphatic rings. The second-order valence-electron chi connectivity index (χ2n) is 5.39. The summed E-state index contributed by atoms with van der Waals surface area (Å²) in [4.78, 5) is 6.93. The van der Waals surface area contributed by atoms with Gasteiger partial charge in [-0.2, -0.15) is 0 Å². The SMILES string of the molecule is C=CCCCCCN(C)C(=NCC1CCCO1)NCC.I. The molecule has 0 aromatic carbocycles. The Labute approximate surface area is 147 Å². The van der Waals surface area contributed by atoms with Gasteiger partial charge in [-0.1, -0.05) is 12.5 Å². The van der Waals surface area contributed by atoms with Gasteiger partial charge in [-0.25, -0.2) is 0 Å². The average molecular weight is 409 g/mol. The van der Waals surface area contributed by atoms with Crippen LogP contribution < -0.4 is 5.32 Å². The second-order valence-corrected chi connectivity index (χ2v) is 5.39. The second kappa shape index (κ2) is 13.4. The summed E-state index contributed by atoms with van der Waals surface area (Å²) >= 11 is 0. The molecule has 1 fully saturated rings. The van der Waals surface area contributed by atoms with Crippen LogP contribution in [-0.4, -0.2) is 50.3 Å². The molecule has 1 saturated heterocycles. The number of aliphatic imine (C=N–C) groups is 1. The summed E-state index contributed by atoms with van der Waals surface area (Å²) in [5, 5.41) is 3.36. The van der Waals surface area contributed by atoms with E-state index in [4.69, 9.17) is 9.73 Å². The molecule has 1 rings (SSSR count). The largest absolute Gasteiger partial charge is 0.376 e. The van der Waals surface area contributed by atoms with Gasteiger partial charge in [-0.15, -0.1) is 30.6 Å². The van der Waals surface area contributed by atoms with Crippen LogP contribution in [0.4, 0.5) is 0 Å². The van der Waals surface area contributed by atoms with Crippen molar-refractivity contribution in [2.45, 2.75) is 51.6 Å². The number of hydrogen-bond acceptors (Lipinski definition) is 2. The number of guanidine groups is 1. The van der Waals surface area contributed by atoms with Crippen LogP contribution in [0.15, 0.2) is 17.6 Å². The molecule has 0 saturated carbocycles. The van der Waals surface area contributed by atoms with Crippen molar-refractivity contribution in [2.75, 3.05) is 33.3 Å². The van der Waals surface area contributed by atoms with E-state index in [-0.39, 0.29) is 24.0 Å². The minimum Gasteiger partial charge on any atom is -0.376 e. The summed E-state index contributed by atoms with van der Waals surface area (Å²) in [7, 11) is 2.12. The molecular weight excluding hydrogens is 377 g/mol. The number of halogens is 1. The quantitative estimate of drug-likeness (QED) is 0.209. The van der Waals surface area contributed by atoms with Crippen molar-refractivity contribution < 1.29 is 4.74 Å². The van der Waals surface area contributed by atoms with Crippen molar-refractivity contribution in [1.82, 2.24) is 10.2 Å². The molecule has 0 bridgehead atoms. The highest BCUT2D eigenvalue weighted by Crippen LogP contribution is 2.12. The number of ether oxygens (including phenoxy) is 1. The first-order valence-corrected chi connectivity index (χ1v) is 7.99. The summed E-state index contributed by atoms with van der Waals surface area (Å²) in [6.45, 7) is 9.50. The Balaban J connectivity index is 0.00000400. The van der Waals surface area contributed by atoms with E-state index >= 15 is 0 Å². The van der Waals surface area contributed by atoms with Crippen molar-refractivity contribution >= 4 is 29.9 Å². The van der Waals surface area contributed by atoms with E-state index in [9.17, 15) is 0 Å². The smallest absolute Gasteiger partial charge is 0.193 e. The summed E-state index contributed by atoms with van der Waals surface area (Å²) in [6.07, 6.45) is 9.46. The fourth-order valence-electron chi connectivity index (χ4n) is 2.37. The Bertz CT molecular complexity index is 291. The summed E-state index contributed by atoms with van der Waals surface area (Å²) < 4.78 is 5.62. The normalized spacial score (nSPS) is 18.2. The molecular formula is C16H32IN3O. The van der Waals surface area contributed by atoms with Gasteiger partial charge in [0.05, 0.1) is 12.6 Å². The zero-order chi connectivity index (χ0) is 14.6. The van der Waals surface area contributed by atoms with E-state index in [0.29, 0.717) is 6.10 Å². The summed E-state index contributed by atoms with van der Waals surface area (Å²) in [5.41, 5.74) is 0. The van der Waals surface area contributed by atoms with E-state index < -0.39 is 0 Å². The Morgan fingerprint density at radius 2 is 2.24 bits per heavy atom. The standard InChI is InChI=1S/C16H31N3O.HI/c1-4-6-7-8-9-12-19(3)16(17-5-2)18-14-15-11-10-13-20-15;/h4,15H,1,5-14H2,2-3H3,(H,17,18);1H. The molecule has 1 unspecified atom stereocenters. The lowest BCUT2D eigenvalue weighted by molar-refractivity contribution is 0.117. The molecule has 5 heteroatoms. The van der Waals surface area contributed by atoms with E-state index in [2.05, 4.69) is 30.8 Å². The van der Waals surface area contributed by atoms with Crippen LogP contribution in [0.1, 0.15) is 45.4 Å². The predicted octanol–water partition coefficient (Wildman–Crippen LogP) is 3.43. The highest BCUT2D eigenvalue weighted by molar-refractivity contribution is 14.0. The van der Waals surface area contributed by atoms with Crippen LogP contribution in [0.2, 0.25) is 0 Å². The van der Waals surface area contributed by atoms with E-state index in [1.807, 2.05) is 6.08 Å². The van der Waals surface area contributed by atoms with Gasteiger partial charge >= 0.3 is 0 Å². The number of nitrogens with zero attached hydrogens (tertiary/aromatic N) is 2. The first-order valence-electron chi connectivity index (χ1n) is 7.99. The Kier molecular flexibility index (Phi) is 13.2. The molecule has 0 aromatic rings. The van der Waals surface area contributed by atoms with Crippen LogP contribution in [0.3, 0.4) is 0 Å². The van der Waals surface area contributed by atoms with Gasteiger partial charge in [-0.3, -0.25) is 4.99 Å². The zero-order valence-corrected chi connectivity index (χ0v) is 16.0. The van der Waals surface area contributed by atoms with Crippen molar-refractivity contribution in [1.29, 1.82) is 0 Å². The fraction of sp³-hybridized carbons (Fsp3) is 0.812. The number of hydrogen-bond donors (Lipinski definition) is 1. The number of rotatable bonds is 9. The van der Waals surface area contributed by atoms with E-state index in [0.717, 1.165) is 45.0 Å². The Hall–Kier alpha value is -0.300. The van der Waals surface area contributed by atoms with Crippen LogP contribution in [-0.2, 0) is 4.74 Å².